The SMILES string of the molecule is CC1=N/C(=C\c2ccc(Oc3ccc(CCC(=O)C(F)(F)F)cc3)cc2)C(=O)N1C. The molecule has 5 nitrogen and oxygen atoms in total. The number of ether oxygens (including phenoxy) is 1. The number of rotatable bonds is 6. The fourth-order valence-electron chi connectivity index (χ4n) is 2.76. The number of Topliss-reactive ketones (excluding diaryl/α,β-unsaturated/α-hetero) is 1. The molecule has 0 aromatic heterocycles. The lowest BCUT2D eigenvalue weighted by Gasteiger charge is -2.08. The number of nitrogens with zero attached hydrogens (tertiary/aromatic N) is 2. The molecule has 1 amide bonds. The minimum Gasteiger partial charge on any atom is -0.457 e. The van der Waals surface area contributed by atoms with Crippen molar-refractivity contribution in [3.8, 4) is 11.5 Å². The lowest BCUT2D eigenvalue weighted by atomic mass is 10.1. The molecule has 1 aliphatic rings. The van der Waals surface area contributed by atoms with Crippen molar-refractivity contribution in [2.24, 2.45) is 4.99 Å². The zero-order valence-corrected chi connectivity index (χ0v) is 16.4. The van der Waals surface area contributed by atoms with Gasteiger partial charge in [0, 0.05) is 13.5 Å². The first-order chi connectivity index (χ1) is 14.1. The van der Waals surface area contributed by atoms with Gasteiger partial charge in [-0.1, -0.05) is 24.3 Å². The van der Waals surface area contributed by atoms with Crippen molar-refractivity contribution in [2.45, 2.75) is 25.9 Å². The van der Waals surface area contributed by atoms with Gasteiger partial charge in [-0.25, -0.2) is 4.99 Å². The zero-order chi connectivity index (χ0) is 21.9. The van der Waals surface area contributed by atoms with Crippen LogP contribution >= 0.6 is 0 Å². The van der Waals surface area contributed by atoms with Crippen molar-refractivity contribution in [1.82, 2.24) is 4.90 Å². The maximum atomic E-state index is 12.3. The Labute approximate surface area is 171 Å². The molecule has 0 saturated heterocycles. The number of amides is 1. The first-order valence-corrected chi connectivity index (χ1v) is 9.15. The number of aryl methyl sites for hydroxylation is 1. The van der Waals surface area contributed by atoms with Crippen LogP contribution in [0.15, 0.2) is 59.2 Å². The highest BCUT2D eigenvalue weighted by molar-refractivity contribution is 6.13. The topological polar surface area (TPSA) is 59.0 Å². The van der Waals surface area contributed by atoms with Crippen LogP contribution < -0.4 is 4.74 Å². The van der Waals surface area contributed by atoms with Crippen molar-refractivity contribution in [2.75, 3.05) is 7.05 Å². The predicted molar refractivity (Wildman–Crippen MR) is 106 cm³/mol. The lowest BCUT2D eigenvalue weighted by Crippen LogP contribution is -2.25. The molecule has 0 atom stereocenters. The third-order valence-electron chi connectivity index (χ3n) is 4.59. The highest BCUT2D eigenvalue weighted by atomic mass is 19.4. The van der Waals surface area contributed by atoms with Crippen LogP contribution in [0.2, 0.25) is 0 Å². The number of likely N-dealkylation sites (N-methyl/N-ethyl adjacent to an activating group) is 1. The summed E-state index contributed by atoms with van der Waals surface area (Å²) in [4.78, 5) is 28.7. The zero-order valence-electron chi connectivity index (χ0n) is 16.4. The summed E-state index contributed by atoms with van der Waals surface area (Å²) >= 11 is 0. The Morgan fingerprint density at radius 1 is 1.07 bits per heavy atom. The maximum absolute atomic E-state index is 12.3. The summed E-state index contributed by atoms with van der Waals surface area (Å²) < 4.78 is 42.5. The molecule has 3 rings (SSSR count). The van der Waals surface area contributed by atoms with E-state index in [9.17, 15) is 22.8 Å². The normalized spacial score (nSPS) is 15.5. The van der Waals surface area contributed by atoms with E-state index in [-0.39, 0.29) is 12.3 Å². The van der Waals surface area contributed by atoms with Crippen LogP contribution in [0.3, 0.4) is 0 Å². The van der Waals surface area contributed by atoms with E-state index in [4.69, 9.17) is 4.74 Å². The van der Waals surface area contributed by atoms with Crippen LogP contribution in [0, 0.1) is 0 Å². The van der Waals surface area contributed by atoms with Crippen molar-refractivity contribution in [1.29, 1.82) is 0 Å². The second-order valence-electron chi connectivity index (χ2n) is 6.79. The van der Waals surface area contributed by atoms with Gasteiger partial charge in [-0.15, -0.1) is 0 Å². The van der Waals surface area contributed by atoms with E-state index in [0.29, 0.717) is 28.6 Å². The molecule has 0 radical (unpaired) electrons. The first-order valence-electron chi connectivity index (χ1n) is 9.15. The molecule has 156 valence electrons. The van der Waals surface area contributed by atoms with Crippen molar-refractivity contribution in [3.63, 3.8) is 0 Å². The molecular weight excluding hydrogens is 397 g/mol. The number of amidine groups is 1. The third kappa shape index (κ3) is 5.14. The molecule has 1 aliphatic heterocycles. The Balaban J connectivity index is 1.59. The van der Waals surface area contributed by atoms with Gasteiger partial charge in [-0.05, 0) is 54.8 Å². The summed E-state index contributed by atoms with van der Waals surface area (Å²) in [6.07, 6.45) is -3.67. The van der Waals surface area contributed by atoms with Gasteiger partial charge in [-0.3, -0.25) is 14.5 Å². The standard InChI is InChI=1S/C22H19F3N2O3/c1-14-26-19(21(29)27(14)2)13-16-5-10-18(11-6-16)30-17-8-3-15(4-9-17)7-12-20(28)22(23,24)25/h3-6,8-11,13H,7,12H2,1-2H3/b19-13-. The molecule has 0 unspecified atom stereocenters. The number of ketones is 1. The smallest absolute Gasteiger partial charge is 0.449 e. The summed E-state index contributed by atoms with van der Waals surface area (Å²) in [6, 6.07) is 13.6. The Kier molecular flexibility index (Phi) is 6.05. The molecule has 30 heavy (non-hydrogen) atoms. The second-order valence-corrected chi connectivity index (χ2v) is 6.79. The predicted octanol–water partition coefficient (Wildman–Crippen LogP) is 4.77. The lowest BCUT2D eigenvalue weighted by molar-refractivity contribution is -0.171. The van der Waals surface area contributed by atoms with Crippen molar-refractivity contribution in [3.05, 3.63) is 65.4 Å². The first kappa shape index (κ1) is 21.3. The number of aliphatic imine (C=N–C) groups is 1. The highest BCUT2D eigenvalue weighted by Gasteiger charge is 2.37. The van der Waals surface area contributed by atoms with Crippen LogP contribution in [0.4, 0.5) is 13.2 Å². The summed E-state index contributed by atoms with van der Waals surface area (Å²) in [6.45, 7) is 1.76. The van der Waals surface area contributed by atoms with Gasteiger partial charge in [0.1, 0.15) is 23.0 Å². The number of carbonyl (C=O) groups is 2. The van der Waals surface area contributed by atoms with E-state index in [2.05, 4.69) is 4.99 Å². The maximum Gasteiger partial charge on any atom is 0.449 e. The average Bonchev–Trinajstić information content (AvgIpc) is 2.94. The Bertz CT molecular complexity index is 1010. The highest BCUT2D eigenvalue weighted by Crippen LogP contribution is 2.25. The van der Waals surface area contributed by atoms with E-state index in [1.54, 1.807) is 68.6 Å². The van der Waals surface area contributed by atoms with Gasteiger partial charge < -0.3 is 4.74 Å². The third-order valence-corrected chi connectivity index (χ3v) is 4.59. The van der Waals surface area contributed by atoms with Crippen LogP contribution in [-0.4, -0.2) is 35.6 Å². The number of halogens is 3. The van der Waals surface area contributed by atoms with Gasteiger partial charge in [0.05, 0.1) is 0 Å². The number of alkyl halides is 3. The van der Waals surface area contributed by atoms with Gasteiger partial charge in [0.2, 0.25) is 5.78 Å². The van der Waals surface area contributed by atoms with Crippen LogP contribution in [0.25, 0.3) is 6.08 Å². The Morgan fingerprint density at radius 3 is 2.13 bits per heavy atom. The van der Waals surface area contributed by atoms with Gasteiger partial charge >= 0.3 is 6.18 Å². The molecule has 2 aromatic rings. The van der Waals surface area contributed by atoms with Crippen LogP contribution in [0.5, 0.6) is 11.5 Å². The summed E-state index contributed by atoms with van der Waals surface area (Å²) in [5.74, 6) is -0.182. The quantitative estimate of drug-likeness (QED) is 0.637. The number of hydrogen-bond donors (Lipinski definition) is 0. The van der Waals surface area contributed by atoms with Gasteiger partial charge in [0.15, 0.2) is 0 Å². The molecule has 8 heteroatoms. The number of benzene rings is 2. The minimum absolute atomic E-state index is 0.0118. The molecule has 2 aromatic carbocycles. The summed E-state index contributed by atoms with van der Waals surface area (Å²) in [5.41, 5.74) is 1.77. The molecular formula is C22H19F3N2O3. The number of hydrogen-bond acceptors (Lipinski definition) is 4. The van der Waals surface area contributed by atoms with E-state index in [0.717, 1.165) is 5.56 Å². The fraction of sp³-hybridized carbons (Fsp3) is 0.227. The van der Waals surface area contributed by atoms with E-state index in [1.165, 1.54) is 4.90 Å². The molecule has 0 fully saturated rings. The molecule has 0 saturated carbocycles. The Hall–Kier alpha value is -3.42. The molecule has 0 spiro atoms. The van der Waals surface area contributed by atoms with Crippen LogP contribution in [-0.2, 0) is 16.0 Å². The van der Waals surface area contributed by atoms with Gasteiger partial charge in [-0.2, -0.15) is 13.2 Å². The van der Waals surface area contributed by atoms with E-state index >= 15 is 0 Å². The van der Waals surface area contributed by atoms with E-state index < -0.39 is 18.4 Å². The average molecular weight is 416 g/mol. The molecule has 0 aliphatic carbocycles. The summed E-state index contributed by atoms with van der Waals surface area (Å²) in [5, 5.41) is 0. The summed E-state index contributed by atoms with van der Waals surface area (Å²) in [7, 11) is 1.67. The van der Waals surface area contributed by atoms with Crippen LogP contribution in [0.1, 0.15) is 24.5 Å². The monoisotopic (exact) mass is 416 g/mol. The minimum atomic E-state index is -4.79. The van der Waals surface area contributed by atoms with Crippen molar-refractivity contribution >= 4 is 23.6 Å². The largest absolute Gasteiger partial charge is 0.457 e. The second kappa shape index (κ2) is 8.52. The fourth-order valence-corrected chi connectivity index (χ4v) is 2.76. The number of carbonyl (C=O) groups excluding carboxylic acids is 2. The molecule has 0 bridgehead atoms. The Morgan fingerprint density at radius 2 is 1.63 bits per heavy atom. The van der Waals surface area contributed by atoms with Crippen molar-refractivity contribution < 1.29 is 27.5 Å². The molecule has 1 heterocycles. The van der Waals surface area contributed by atoms with Gasteiger partial charge in [0.25, 0.3) is 5.91 Å². The molecule has 0 N–H and O–H groups in total. The van der Waals surface area contributed by atoms with E-state index in [1.807, 2.05) is 0 Å².